The van der Waals surface area contributed by atoms with Crippen LogP contribution in [-0.4, -0.2) is 53.9 Å². The molecule has 1 aromatic rings. The van der Waals surface area contributed by atoms with Crippen LogP contribution < -0.4 is 5.32 Å². The number of ether oxygens (including phenoxy) is 2. The second kappa shape index (κ2) is 11.3. The summed E-state index contributed by atoms with van der Waals surface area (Å²) in [5.74, 6) is -2.23. The SMILES string of the molecule is CCOC(=O)C(=O)C1CCCN1C(=O)[C@H](NC(=O)OCc1ccccc1)[C@H](C)CC. The molecule has 3 atom stereocenters. The van der Waals surface area contributed by atoms with Crippen molar-refractivity contribution in [1.82, 2.24) is 10.2 Å². The summed E-state index contributed by atoms with van der Waals surface area (Å²) >= 11 is 0. The first-order valence-electron chi connectivity index (χ1n) is 10.4. The Labute approximate surface area is 176 Å². The van der Waals surface area contributed by atoms with Gasteiger partial charge in [0.1, 0.15) is 18.7 Å². The summed E-state index contributed by atoms with van der Waals surface area (Å²) in [6.07, 6.45) is 0.937. The standard InChI is InChI=1S/C22H30N2O6/c1-4-15(3)18(23-22(28)30-14-16-10-7-6-8-11-16)20(26)24-13-9-12-17(24)19(25)21(27)29-5-2/h6-8,10-11,15,17-18H,4-5,9,12-14H2,1-3H3,(H,23,28)/t15-,17?,18-/m1/s1. The number of ketones is 1. The summed E-state index contributed by atoms with van der Waals surface area (Å²) in [5, 5.41) is 2.65. The maximum Gasteiger partial charge on any atom is 0.408 e. The minimum Gasteiger partial charge on any atom is -0.460 e. The molecule has 0 radical (unpaired) electrons. The smallest absolute Gasteiger partial charge is 0.408 e. The van der Waals surface area contributed by atoms with Gasteiger partial charge in [-0.25, -0.2) is 9.59 Å². The van der Waals surface area contributed by atoms with E-state index in [1.54, 1.807) is 6.92 Å². The van der Waals surface area contributed by atoms with Crippen LogP contribution in [-0.2, 0) is 30.5 Å². The fourth-order valence-corrected chi connectivity index (χ4v) is 3.39. The lowest BCUT2D eigenvalue weighted by Crippen LogP contribution is -2.55. The molecule has 2 amide bonds. The van der Waals surface area contributed by atoms with Crippen molar-refractivity contribution in [1.29, 1.82) is 0 Å². The van der Waals surface area contributed by atoms with Gasteiger partial charge in [-0.15, -0.1) is 0 Å². The summed E-state index contributed by atoms with van der Waals surface area (Å²) in [4.78, 5) is 51.2. The Morgan fingerprint density at radius 2 is 1.83 bits per heavy atom. The molecule has 1 fully saturated rings. The summed E-state index contributed by atoms with van der Waals surface area (Å²) in [5.41, 5.74) is 0.832. The van der Waals surface area contributed by atoms with Gasteiger partial charge in [-0.1, -0.05) is 50.6 Å². The first-order valence-corrected chi connectivity index (χ1v) is 10.4. The van der Waals surface area contributed by atoms with Crippen LogP contribution in [0.25, 0.3) is 0 Å². The molecular formula is C22H30N2O6. The summed E-state index contributed by atoms with van der Waals surface area (Å²) in [7, 11) is 0. The second-order valence-electron chi connectivity index (χ2n) is 7.34. The van der Waals surface area contributed by atoms with E-state index >= 15 is 0 Å². The molecule has 8 heteroatoms. The van der Waals surface area contributed by atoms with Gasteiger partial charge in [-0.2, -0.15) is 0 Å². The number of alkyl carbamates (subject to hydrolysis) is 1. The Morgan fingerprint density at radius 1 is 1.13 bits per heavy atom. The number of nitrogens with zero attached hydrogens (tertiary/aromatic N) is 1. The summed E-state index contributed by atoms with van der Waals surface area (Å²) in [6, 6.07) is 7.51. The monoisotopic (exact) mass is 418 g/mol. The maximum absolute atomic E-state index is 13.2. The maximum atomic E-state index is 13.2. The van der Waals surface area contributed by atoms with E-state index < -0.39 is 29.9 Å². The summed E-state index contributed by atoms with van der Waals surface area (Å²) < 4.78 is 10.0. The van der Waals surface area contributed by atoms with Crippen LogP contribution in [0.15, 0.2) is 30.3 Å². The molecule has 8 nitrogen and oxygen atoms in total. The van der Waals surface area contributed by atoms with Crippen molar-refractivity contribution in [2.45, 2.75) is 58.7 Å². The molecule has 0 saturated carbocycles. The minimum absolute atomic E-state index is 0.0851. The molecular weight excluding hydrogens is 388 g/mol. The molecule has 0 spiro atoms. The number of hydrogen-bond acceptors (Lipinski definition) is 6. The highest BCUT2D eigenvalue weighted by Crippen LogP contribution is 2.22. The number of carbonyl (C=O) groups excluding carboxylic acids is 4. The molecule has 2 rings (SSSR count). The van der Waals surface area contributed by atoms with Gasteiger partial charge in [-0.3, -0.25) is 9.59 Å². The predicted molar refractivity (Wildman–Crippen MR) is 109 cm³/mol. The van der Waals surface area contributed by atoms with Crippen LogP contribution >= 0.6 is 0 Å². The van der Waals surface area contributed by atoms with E-state index in [1.165, 1.54) is 4.90 Å². The van der Waals surface area contributed by atoms with Gasteiger partial charge in [0.15, 0.2) is 0 Å². The lowest BCUT2D eigenvalue weighted by atomic mass is 9.97. The van der Waals surface area contributed by atoms with Crippen molar-refractivity contribution >= 4 is 23.8 Å². The highest BCUT2D eigenvalue weighted by molar-refractivity contribution is 6.36. The highest BCUT2D eigenvalue weighted by Gasteiger charge is 2.41. The van der Waals surface area contributed by atoms with E-state index in [9.17, 15) is 19.2 Å². The van der Waals surface area contributed by atoms with E-state index in [0.717, 1.165) is 5.56 Å². The van der Waals surface area contributed by atoms with Gasteiger partial charge in [0.2, 0.25) is 5.91 Å². The molecule has 1 saturated heterocycles. The van der Waals surface area contributed by atoms with Crippen molar-refractivity contribution in [2.75, 3.05) is 13.2 Å². The largest absolute Gasteiger partial charge is 0.460 e. The number of benzene rings is 1. The molecule has 30 heavy (non-hydrogen) atoms. The molecule has 0 aromatic heterocycles. The number of carbonyl (C=O) groups is 4. The number of rotatable bonds is 9. The quantitative estimate of drug-likeness (QED) is 0.488. The van der Waals surface area contributed by atoms with Gasteiger partial charge in [0.05, 0.1) is 6.61 Å². The van der Waals surface area contributed by atoms with Gasteiger partial charge in [-0.05, 0) is 31.2 Å². The van der Waals surface area contributed by atoms with E-state index in [-0.39, 0.29) is 25.0 Å². The molecule has 0 bridgehead atoms. The van der Waals surface area contributed by atoms with Crippen LogP contribution in [0.1, 0.15) is 45.6 Å². The van der Waals surface area contributed by atoms with Gasteiger partial charge in [0.25, 0.3) is 5.78 Å². The number of Topliss-reactive ketones (excluding diaryl/α,β-unsaturated/α-hetero) is 1. The number of likely N-dealkylation sites (tertiary alicyclic amines) is 1. The van der Waals surface area contributed by atoms with E-state index in [2.05, 4.69) is 5.32 Å². The molecule has 1 N–H and O–H groups in total. The Kier molecular flexibility index (Phi) is 8.83. The molecule has 1 unspecified atom stereocenters. The first-order chi connectivity index (χ1) is 14.4. The Hall–Kier alpha value is -2.90. The van der Waals surface area contributed by atoms with Gasteiger partial charge in [0, 0.05) is 6.54 Å². The zero-order valence-electron chi connectivity index (χ0n) is 17.8. The lowest BCUT2D eigenvalue weighted by molar-refractivity contribution is -0.156. The average molecular weight is 418 g/mol. The minimum atomic E-state index is -0.933. The topological polar surface area (TPSA) is 102 Å². The number of amides is 2. The fraction of sp³-hybridized carbons (Fsp3) is 0.545. The third-order valence-electron chi connectivity index (χ3n) is 5.28. The van der Waals surface area contributed by atoms with Crippen LogP contribution in [0, 0.1) is 5.92 Å². The average Bonchev–Trinajstić information content (AvgIpc) is 3.25. The molecule has 0 aliphatic carbocycles. The van der Waals surface area contributed by atoms with Crippen molar-refractivity contribution in [3.63, 3.8) is 0 Å². The van der Waals surface area contributed by atoms with Crippen LogP contribution in [0.5, 0.6) is 0 Å². The lowest BCUT2D eigenvalue weighted by Gasteiger charge is -2.30. The third-order valence-corrected chi connectivity index (χ3v) is 5.28. The molecule has 164 valence electrons. The highest BCUT2D eigenvalue weighted by atomic mass is 16.5. The van der Waals surface area contributed by atoms with Crippen LogP contribution in [0.3, 0.4) is 0 Å². The van der Waals surface area contributed by atoms with Crippen molar-refractivity contribution in [3.8, 4) is 0 Å². The Bertz CT molecular complexity index is 751. The summed E-state index contributed by atoms with van der Waals surface area (Å²) in [6.45, 7) is 5.90. The van der Waals surface area contributed by atoms with Gasteiger partial charge >= 0.3 is 12.1 Å². The predicted octanol–water partition coefficient (Wildman–Crippen LogP) is 2.45. The van der Waals surface area contributed by atoms with Crippen molar-refractivity contribution < 1.29 is 28.7 Å². The van der Waals surface area contributed by atoms with Gasteiger partial charge < -0.3 is 19.7 Å². The number of nitrogens with one attached hydrogen (secondary N) is 1. The van der Waals surface area contributed by atoms with Crippen molar-refractivity contribution in [3.05, 3.63) is 35.9 Å². The molecule has 1 aromatic carbocycles. The zero-order valence-corrected chi connectivity index (χ0v) is 17.8. The molecule has 1 aliphatic rings. The first kappa shape index (κ1) is 23.4. The van der Waals surface area contributed by atoms with E-state index in [4.69, 9.17) is 9.47 Å². The van der Waals surface area contributed by atoms with E-state index in [0.29, 0.717) is 25.8 Å². The second-order valence-corrected chi connectivity index (χ2v) is 7.34. The fourth-order valence-electron chi connectivity index (χ4n) is 3.39. The van der Waals surface area contributed by atoms with Crippen molar-refractivity contribution in [2.24, 2.45) is 5.92 Å². The van der Waals surface area contributed by atoms with Crippen LogP contribution in [0.2, 0.25) is 0 Å². The number of hydrogen-bond donors (Lipinski definition) is 1. The third kappa shape index (κ3) is 6.05. The molecule has 1 aliphatic heterocycles. The number of esters is 1. The van der Waals surface area contributed by atoms with Crippen LogP contribution in [0.4, 0.5) is 4.79 Å². The zero-order chi connectivity index (χ0) is 22.1. The van der Waals surface area contributed by atoms with E-state index in [1.807, 2.05) is 44.2 Å². The Balaban J connectivity index is 2.05. The molecule has 1 heterocycles. The normalized spacial score (nSPS) is 17.7. The Morgan fingerprint density at radius 3 is 2.47 bits per heavy atom.